The Hall–Kier alpha value is -4.34. The summed E-state index contributed by atoms with van der Waals surface area (Å²) in [5, 5.41) is 3.30. The number of nitrogens with one attached hydrogen (secondary N) is 1. The molecule has 4 rings (SSSR count). The minimum atomic E-state index is -4.25. The molecular formula is C35H38ClN3O5S. The van der Waals surface area contributed by atoms with Crippen molar-refractivity contribution in [2.24, 2.45) is 0 Å². The van der Waals surface area contributed by atoms with E-state index < -0.39 is 28.5 Å². The number of anilines is 1. The molecule has 236 valence electrons. The number of benzene rings is 4. The van der Waals surface area contributed by atoms with E-state index in [0.29, 0.717) is 17.3 Å². The Morgan fingerprint density at radius 3 is 2.11 bits per heavy atom. The minimum Gasteiger partial charge on any atom is -0.497 e. The maximum atomic E-state index is 14.4. The monoisotopic (exact) mass is 647 g/mol. The summed E-state index contributed by atoms with van der Waals surface area (Å²) in [4.78, 5) is 29.7. The van der Waals surface area contributed by atoms with Gasteiger partial charge in [-0.15, -0.1) is 0 Å². The molecule has 0 saturated heterocycles. The molecule has 4 aromatic carbocycles. The second-order valence-corrected chi connectivity index (χ2v) is 12.8. The minimum absolute atomic E-state index is 0.0242. The lowest BCUT2D eigenvalue weighted by atomic mass is 10.0. The number of hydrogen-bond donors (Lipinski definition) is 1. The first kappa shape index (κ1) is 33.6. The Kier molecular flexibility index (Phi) is 12.0. The predicted molar refractivity (Wildman–Crippen MR) is 178 cm³/mol. The van der Waals surface area contributed by atoms with Gasteiger partial charge in [0.15, 0.2) is 0 Å². The average Bonchev–Trinajstić information content (AvgIpc) is 3.06. The molecule has 1 atom stereocenters. The van der Waals surface area contributed by atoms with Crippen LogP contribution in [-0.4, -0.2) is 51.4 Å². The highest BCUT2D eigenvalue weighted by molar-refractivity contribution is 7.92. The molecule has 45 heavy (non-hydrogen) atoms. The molecule has 0 saturated carbocycles. The number of rotatable bonds is 15. The van der Waals surface area contributed by atoms with Crippen molar-refractivity contribution in [3.63, 3.8) is 0 Å². The van der Waals surface area contributed by atoms with Crippen LogP contribution in [0.3, 0.4) is 0 Å². The molecule has 0 aliphatic carbocycles. The third kappa shape index (κ3) is 9.09. The van der Waals surface area contributed by atoms with Crippen molar-refractivity contribution in [1.29, 1.82) is 0 Å². The van der Waals surface area contributed by atoms with Gasteiger partial charge in [-0.1, -0.05) is 91.7 Å². The van der Waals surface area contributed by atoms with Crippen LogP contribution in [0.1, 0.15) is 30.9 Å². The SMILES string of the molecule is CCCCNC(=O)[C@@H](Cc1ccccc1)N(Cc1ccccc1)C(=O)CN(c1cccc(Cl)c1)S(=O)(=O)c1ccc(OC)cc1. The van der Waals surface area contributed by atoms with Crippen LogP contribution >= 0.6 is 11.6 Å². The summed E-state index contributed by atoms with van der Waals surface area (Å²) >= 11 is 6.29. The van der Waals surface area contributed by atoms with Gasteiger partial charge in [0.2, 0.25) is 11.8 Å². The zero-order chi connectivity index (χ0) is 32.2. The van der Waals surface area contributed by atoms with E-state index in [-0.39, 0.29) is 29.5 Å². The van der Waals surface area contributed by atoms with Gasteiger partial charge in [0.1, 0.15) is 18.3 Å². The van der Waals surface area contributed by atoms with Gasteiger partial charge < -0.3 is 15.0 Å². The Balaban J connectivity index is 1.77. The van der Waals surface area contributed by atoms with E-state index in [4.69, 9.17) is 16.3 Å². The van der Waals surface area contributed by atoms with E-state index in [0.717, 1.165) is 28.3 Å². The predicted octanol–water partition coefficient (Wildman–Crippen LogP) is 6.10. The molecule has 0 aromatic heterocycles. The van der Waals surface area contributed by atoms with Crippen molar-refractivity contribution in [3.8, 4) is 5.75 Å². The number of hydrogen-bond acceptors (Lipinski definition) is 5. The Bertz CT molecular complexity index is 1650. The van der Waals surface area contributed by atoms with Crippen molar-refractivity contribution in [3.05, 3.63) is 125 Å². The van der Waals surface area contributed by atoms with E-state index in [9.17, 15) is 18.0 Å². The van der Waals surface area contributed by atoms with Crippen molar-refractivity contribution in [1.82, 2.24) is 10.2 Å². The molecule has 0 radical (unpaired) electrons. The topological polar surface area (TPSA) is 96.0 Å². The standard InChI is InChI=1S/C35H38ClN3O5S/c1-3-4-22-37-35(41)33(23-27-12-7-5-8-13-27)38(25-28-14-9-6-10-15-28)34(40)26-39(30-17-11-16-29(36)24-30)45(42,43)32-20-18-31(44-2)19-21-32/h5-21,24,33H,3-4,22-23,25-26H2,1-2H3,(H,37,41)/t33-/m1/s1. The Morgan fingerprint density at radius 2 is 1.51 bits per heavy atom. The zero-order valence-electron chi connectivity index (χ0n) is 25.4. The number of nitrogens with zero attached hydrogens (tertiary/aromatic N) is 2. The highest BCUT2D eigenvalue weighted by Gasteiger charge is 2.34. The number of methoxy groups -OCH3 is 1. The van der Waals surface area contributed by atoms with Crippen LogP contribution in [0.5, 0.6) is 5.75 Å². The van der Waals surface area contributed by atoms with Gasteiger partial charge in [-0.05, 0) is 60.0 Å². The van der Waals surface area contributed by atoms with Crippen molar-refractivity contribution in [2.45, 2.75) is 43.7 Å². The molecular weight excluding hydrogens is 610 g/mol. The van der Waals surface area contributed by atoms with E-state index in [1.165, 1.54) is 30.2 Å². The number of carbonyl (C=O) groups is 2. The first-order valence-corrected chi connectivity index (χ1v) is 16.6. The summed E-state index contributed by atoms with van der Waals surface area (Å²) in [5.41, 5.74) is 1.90. The fourth-order valence-corrected chi connectivity index (χ4v) is 6.47. The maximum absolute atomic E-state index is 14.4. The fraction of sp³-hybridized carbons (Fsp3) is 0.257. The van der Waals surface area contributed by atoms with Crippen LogP contribution in [0.4, 0.5) is 5.69 Å². The van der Waals surface area contributed by atoms with E-state index >= 15 is 0 Å². The molecule has 4 aromatic rings. The van der Waals surface area contributed by atoms with Crippen LogP contribution in [0, 0.1) is 0 Å². The smallest absolute Gasteiger partial charge is 0.264 e. The summed E-state index contributed by atoms with van der Waals surface area (Å²) in [7, 11) is -2.76. The fourth-order valence-electron chi connectivity index (χ4n) is 4.88. The van der Waals surface area contributed by atoms with Crippen LogP contribution in [-0.2, 0) is 32.6 Å². The Morgan fingerprint density at radius 1 is 0.867 bits per heavy atom. The zero-order valence-corrected chi connectivity index (χ0v) is 27.0. The molecule has 0 aliphatic heterocycles. The van der Waals surface area contributed by atoms with E-state index in [2.05, 4.69) is 5.32 Å². The van der Waals surface area contributed by atoms with Gasteiger partial charge in [-0.3, -0.25) is 13.9 Å². The molecule has 0 unspecified atom stereocenters. The number of ether oxygens (including phenoxy) is 1. The molecule has 8 nitrogen and oxygen atoms in total. The molecule has 2 amide bonds. The average molecular weight is 648 g/mol. The number of unbranched alkanes of at least 4 members (excludes halogenated alkanes) is 1. The van der Waals surface area contributed by atoms with Crippen LogP contribution < -0.4 is 14.4 Å². The first-order chi connectivity index (χ1) is 21.7. The third-order valence-corrected chi connectivity index (χ3v) is 9.34. The van der Waals surface area contributed by atoms with Gasteiger partial charge in [-0.25, -0.2) is 8.42 Å². The summed E-state index contributed by atoms with van der Waals surface area (Å²) in [6, 6.07) is 30.2. The number of sulfonamides is 1. The highest BCUT2D eigenvalue weighted by atomic mass is 35.5. The maximum Gasteiger partial charge on any atom is 0.264 e. The lowest BCUT2D eigenvalue weighted by molar-refractivity contribution is -0.140. The summed E-state index contributed by atoms with van der Waals surface area (Å²) < 4.78 is 34.5. The first-order valence-electron chi connectivity index (χ1n) is 14.8. The van der Waals surface area contributed by atoms with Gasteiger partial charge in [0.25, 0.3) is 10.0 Å². The number of halogens is 1. The molecule has 1 N–H and O–H groups in total. The molecule has 10 heteroatoms. The second-order valence-electron chi connectivity index (χ2n) is 10.5. The number of amides is 2. The van der Waals surface area contributed by atoms with E-state index in [1.54, 1.807) is 30.3 Å². The number of carbonyl (C=O) groups excluding carboxylic acids is 2. The van der Waals surface area contributed by atoms with Gasteiger partial charge >= 0.3 is 0 Å². The van der Waals surface area contributed by atoms with Gasteiger partial charge in [0, 0.05) is 24.5 Å². The normalized spacial score (nSPS) is 11.8. The van der Waals surface area contributed by atoms with Gasteiger partial charge in [-0.2, -0.15) is 0 Å². The lowest BCUT2D eigenvalue weighted by Crippen LogP contribution is -2.53. The molecule has 0 aliphatic rings. The molecule has 0 heterocycles. The largest absolute Gasteiger partial charge is 0.497 e. The van der Waals surface area contributed by atoms with Crippen LogP contribution in [0.15, 0.2) is 114 Å². The van der Waals surface area contributed by atoms with Crippen LogP contribution in [0.25, 0.3) is 0 Å². The molecule has 0 bridgehead atoms. The molecule has 0 fully saturated rings. The van der Waals surface area contributed by atoms with E-state index in [1.807, 2.05) is 67.6 Å². The van der Waals surface area contributed by atoms with Crippen molar-refractivity contribution >= 4 is 39.1 Å². The van der Waals surface area contributed by atoms with Crippen LogP contribution in [0.2, 0.25) is 5.02 Å². The third-order valence-electron chi connectivity index (χ3n) is 7.32. The highest BCUT2D eigenvalue weighted by Crippen LogP contribution is 2.28. The Labute approximate surface area is 270 Å². The molecule has 0 spiro atoms. The van der Waals surface area contributed by atoms with Gasteiger partial charge in [0.05, 0.1) is 17.7 Å². The van der Waals surface area contributed by atoms with Crippen molar-refractivity contribution < 1.29 is 22.7 Å². The van der Waals surface area contributed by atoms with Crippen molar-refractivity contribution in [2.75, 3.05) is 24.5 Å². The summed E-state index contributed by atoms with van der Waals surface area (Å²) in [6.07, 6.45) is 1.94. The lowest BCUT2D eigenvalue weighted by Gasteiger charge is -2.34. The summed E-state index contributed by atoms with van der Waals surface area (Å²) in [6.45, 7) is 2.04. The second kappa shape index (κ2) is 16.1. The quantitative estimate of drug-likeness (QED) is 0.157. The summed E-state index contributed by atoms with van der Waals surface area (Å²) in [5.74, 6) is -0.349.